The first-order valence-electron chi connectivity index (χ1n) is 4.32. The third kappa shape index (κ3) is 3.51. The van der Waals surface area contributed by atoms with E-state index < -0.39 is 11.6 Å². The summed E-state index contributed by atoms with van der Waals surface area (Å²) >= 11 is 0. The van der Waals surface area contributed by atoms with E-state index in [4.69, 9.17) is 0 Å². The summed E-state index contributed by atoms with van der Waals surface area (Å²) < 4.78 is 25.4. The second-order valence-electron chi connectivity index (χ2n) is 2.98. The van der Waals surface area contributed by atoms with Gasteiger partial charge in [0.15, 0.2) is 0 Å². The van der Waals surface area contributed by atoms with Crippen molar-refractivity contribution in [3.8, 4) is 0 Å². The molecule has 1 rings (SSSR count). The van der Waals surface area contributed by atoms with E-state index in [1.165, 1.54) is 12.1 Å². The van der Waals surface area contributed by atoms with Gasteiger partial charge in [0, 0.05) is 6.07 Å². The minimum atomic E-state index is -0.501. The smallest absolute Gasteiger partial charge is 0.126 e. The van der Waals surface area contributed by atoms with Crippen LogP contribution in [0.1, 0.15) is 12.0 Å². The molecule has 3 heteroatoms. The summed E-state index contributed by atoms with van der Waals surface area (Å²) in [5.74, 6) is -1.00. The van der Waals surface area contributed by atoms with Gasteiger partial charge < -0.3 is 5.32 Å². The molecule has 13 heavy (non-hydrogen) atoms. The summed E-state index contributed by atoms with van der Waals surface area (Å²) in [6.07, 6.45) is 1.59. The van der Waals surface area contributed by atoms with Crippen LogP contribution in [0.4, 0.5) is 8.78 Å². The van der Waals surface area contributed by atoms with Gasteiger partial charge in [-0.15, -0.1) is 0 Å². The fourth-order valence-corrected chi connectivity index (χ4v) is 1.22. The van der Waals surface area contributed by atoms with Crippen molar-refractivity contribution in [2.24, 2.45) is 0 Å². The highest BCUT2D eigenvalue weighted by atomic mass is 19.1. The van der Waals surface area contributed by atoms with Crippen LogP contribution in [0.2, 0.25) is 0 Å². The van der Waals surface area contributed by atoms with Crippen molar-refractivity contribution < 1.29 is 8.78 Å². The fourth-order valence-electron chi connectivity index (χ4n) is 1.22. The Hall–Kier alpha value is -0.960. The van der Waals surface area contributed by atoms with Crippen molar-refractivity contribution in [3.63, 3.8) is 0 Å². The molecule has 0 unspecified atom stereocenters. The molecule has 1 aromatic rings. The highest BCUT2D eigenvalue weighted by molar-refractivity contribution is 5.17. The predicted molar refractivity (Wildman–Crippen MR) is 48.6 cm³/mol. The lowest BCUT2D eigenvalue weighted by Crippen LogP contribution is -2.08. The Morgan fingerprint density at radius 3 is 2.31 bits per heavy atom. The van der Waals surface area contributed by atoms with Gasteiger partial charge >= 0.3 is 0 Å². The molecule has 0 saturated carbocycles. The molecule has 0 atom stereocenters. The van der Waals surface area contributed by atoms with Crippen molar-refractivity contribution in [2.45, 2.75) is 12.8 Å². The molecule has 0 fully saturated rings. The van der Waals surface area contributed by atoms with E-state index in [2.05, 4.69) is 5.32 Å². The van der Waals surface area contributed by atoms with E-state index in [9.17, 15) is 8.78 Å². The van der Waals surface area contributed by atoms with Gasteiger partial charge in [0.2, 0.25) is 0 Å². The van der Waals surface area contributed by atoms with Crippen LogP contribution in [-0.2, 0) is 6.42 Å². The second kappa shape index (κ2) is 4.92. The van der Waals surface area contributed by atoms with E-state index >= 15 is 0 Å². The lowest BCUT2D eigenvalue weighted by atomic mass is 10.1. The van der Waals surface area contributed by atoms with Gasteiger partial charge in [-0.1, -0.05) is 0 Å². The lowest BCUT2D eigenvalue weighted by molar-refractivity contribution is 0.578. The molecule has 0 heterocycles. The molecule has 0 spiro atoms. The number of nitrogens with one attached hydrogen (secondary N) is 1. The molecule has 0 radical (unpaired) electrons. The maximum absolute atomic E-state index is 12.7. The van der Waals surface area contributed by atoms with E-state index in [0.717, 1.165) is 19.0 Å². The Bertz CT molecular complexity index is 253. The number of halogens is 2. The topological polar surface area (TPSA) is 12.0 Å². The van der Waals surface area contributed by atoms with E-state index in [-0.39, 0.29) is 0 Å². The standard InChI is InChI=1S/C10H13F2N/c1-13-4-2-3-8-5-9(11)7-10(12)6-8/h5-7,13H,2-4H2,1H3. The molecular formula is C10H13F2N. The molecular weight excluding hydrogens is 172 g/mol. The molecule has 0 aliphatic heterocycles. The third-order valence-electron chi connectivity index (χ3n) is 1.81. The van der Waals surface area contributed by atoms with Crippen LogP contribution in [0.15, 0.2) is 18.2 Å². The van der Waals surface area contributed by atoms with Crippen LogP contribution < -0.4 is 5.32 Å². The van der Waals surface area contributed by atoms with Gasteiger partial charge in [-0.2, -0.15) is 0 Å². The SMILES string of the molecule is CNCCCc1cc(F)cc(F)c1. The number of hydrogen-bond donors (Lipinski definition) is 1. The zero-order valence-corrected chi connectivity index (χ0v) is 7.61. The highest BCUT2D eigenvalue weighted by Crippen LogP contribution is 2.09. The first kappa shape index (κ1) is 10.1. The second-order valence-corrected chi connectivity index (χ2v) is 2.98. The summed E-state index contributed by atoms with van der Waals surface area (Å²) in [6, 6.07) is 3.64. The molecule has 72 valence electrons. The summed E-state index contributed by atoms with van der Waals surface area (Å²) in [5, 5.41) is 2.98. The van der Waals surface area contributed by atoms with Crippen LogP contribution in [0.3, 0.4) is 0 Å². The van der Waals surface area contributed by atoms with E-state index in [0.29, 0.717) is 12.0 Å². The largest absolute Gasteiger partial charge is 0.320 e. The Balaban J connectivity index is 2.56. The fraction of sp³-hybridized carbons (Fsp3) is 0.400. The Labute approximate surface area is 76.8 Å². The summed E-state index contributed by atoms with van der Waals surface area (Å²) in [7, 11) is 1.85. The Kier molecular flexibility index (Phi) is 3.83. The van der Waals surface area contributed by atoms with Gasteiger partial charge in [-0.25, -0.2) is 8.78 Å². The van der Waals surface area contributed by atoms with E-state index in [1.807, 2.05) is 7.05 Å². The maximum atomic E-state index is 12.7. The summed E-state index contributed by atoms with van der Waals surface area (Å²) in [5.41, 5.74) is 0.716. The van der Waals surface area contributed by atoms with Crippen LogP contribution in [0, 0.1) is 11.6 Å². The normalized spacial score (nSPS) is 10.4. The number of benzene rings is 1. The lowest BCUT2D eigenvalue weighted by Gasteiger charge is -2.01. The molecule has 0 amide bonds. The summed E-state index contributed by atoms with van der Waals surface area (Å²) in [4.78, 5) is 0. The minimum Gasteiger partial charge on any atom is -0.320 e. The van der Waals surface area contributed by atoms with E-state index in [1.54, 1.807) is 0 Å². The Morgan fingerprint density at radius 1 is 1.15 bits per heavy atom. The molecule has 0 aromatic heterocycles. The van der Waals surface area contributed by atoms with Gasteiger partial charge in [0.25, 0.3) is 0 Å². The molecule has 1 N–H and O–H groups in total. The van der Waals surface area contributed by atoms with Crippen LogP contribution in [0.5, 0.6) is 0 Å². The third-order valence-corrected chi connectivity index (χ3v) is 1.81. The molecule has 0 saturated heterocycles. The van der Waals surface area contributed by atoms with Crippen LogP contribution in [0.25, 0.3) is 0 Å². The van der Waals surface area contributed by atoms with Crippen molar-refractivity contribution in [1.82, 2.24) is 5.32 Å². The van der Waals surface area contributed by atoms with Crippen molar-refractivity contribution in [1.29, 1.82) is 0 Å². The van der Waals surface area contributed by atoms with Crippen LogP contribution >= 0.6 is 0 Å². The van der Waals surface area contributed by atoms with Crippen LogP contribution in [-0.4, -0.2) is 13.6 Å². The first-order chi connectivity index (χ1) is 6.22. The zero-order valence-electron chi connectivity index (χ0n) is 7.61. The quantitative estimate of drug-likeness (QED) is 0.708. The van der Waals surface area contributed by atoms with Gasteiger partial charge in [0.05, 0.1) is 0 Å². The maximum Gasteiger partial charge on any atom is 0.126 e. The number of aryl methyl sites for hydroxylation is 1. The van der Waals surface area contributed by atoms with Gasteiger partial charge in [-0.05, 0) is 44.1 Å². The van der Waals surface area contributed by atoms with Crippen molar-refractivity contribution in [2.75, 3.05) is 13.6 Å². The highest BCUT2D eigenvalue weighted by Gasteiger charge is 1.99. The molecule has 1 nitrogen and oxygen atoms in total. The van der Waals surface area contributed by atoms with Gasteiger partial charge in [0.1, 0.15) is 11.6 Å². The Morgan fingerprint density at radius 2 is 1.77 bits per heavy atom. The average Bonchev–Trinajstić information content (AvgIpc) is 2.03. The van der Waals surface area contributed by atoms with Crippen molar-refractivity contribution in [3.05, 3.63) is 35.4 Å². The summed E-state index contributed by atoms with van der Waals surface area (Å²) in [6.45, 7) is 0.859. The molecule has 0 aliphatic carbocycles. The molecule has 0 bridgehead atoms. The zero-order chi connectivity index (χ0) is 9.68. The first-order valence-corrected chi connectivity index (χ1v) is 4.32. The van der Waals surface area contributed by atoms with Crippen molar-refractivity contribution >= 4 is 0 Å². The molecule has 0 aliphatic rings. The minimum absolute atomic E-state index is 0.501. The molecule has 1 aromatic carbocycles. The van der Waals surface area contributed by atoms with Gasteiger partial charge in [-0.3, -0.25) is 0 Å². The number of rotatable bonds is 4. The predicted octanol–water partition coefficient (Wildman–Crippen LogP) is 2.12. The monoisotopic (exact) mass is 185 g/mol. The number of hydrogen-bond acceptors (Lipinski definition) is 1. The average molecular weight is 185 g/mol.